The van der Waals surface area contributed by atoms with Gasteiger partial charge in [-0.05, 0) is 76.7 Å². The highest BCUT2D eigenvalue weighted by Gasteiger charge is 2.30. The maximum Gasteiger partial charge on any atom is 0.119 e. The molecular formula is C36H24N6. The van der Waals surface area contributed by atoms with Crippen LogP contribution < -0.4 is 5.73 Å². The number of aromatic nitrogens is 2. The third kappa shape index (κ3) is 4.46. The molecular weight excluding hydrogens is 516 g/mol. The molecule has 1 atom stereocenters. The fourth-order valence-corrected chi connectivity index (χ4v) is 5.67. The third-order valence-electron chi connectivity index (χ3n) is 7.63. The molecule has 6 nitrogen and oxygen atoms in total. The van der Waals surface area contributed by atoms with Gasteiger partial charge in [-0.3, -0.25) is 9.97 Å². The van der Waals surface area contributed by atoms with Gasteiger partial charge < -0.3 is 5.73 Å². The molecule has 0 bridgehead atoms. The van der Waals surface area contributed by atoms with Crippen molar-refractivity contribution in [3.8, 4) is 29.5 Å². The van der Waals surface area contributed by atoms with Crippen LogP contribution in [-0.4, -0.2) is 9.97 Å². The Labute approximate surface area is 243 Å². The van der Waals surface area contributed by atoms with E-state index in [4.69, 9.17) is 5.73 Å². The lowest BCUT2D eigenvalue weighted by atomic mass is 9.91. The molecule has 5 aromatic rings. The van der Waals surface area contributed by atoms with Crippen molar-refractivity contribution in [3.63, 3.8) is 0 Å². The normalized spacial score (nSPS) is 14.4. The maximum absolute atomic E-state index is 10.3. The summed E-state index contributed by atoms with van der Waals surface area (Å²) in [5.41, 5.74) is 12.7. The van der Waals surface area contributed by atoms with Crippen molar-refractivity contribution >= 4 is 38.8 Å². The quantitative estimate of drug-likeness (QED) is 0.230. The predicted molar refractivity (Wildman–Crippen MR) is 166 cm³/mol. The number of allylic oxidation sites excluding steroid dienone is 5. The Morgan fingerprint density at radius 3 is 2.24 bits per heavy atom. The number of nitrogens with two attached hydrogens (primary N) is 1. The number of nitrogens with zero attached hydrogens (tertiary/aromatic N) is 5. The molecule has 1 unspecified atom stereocenters. The number of pyridine rings is 2. The molecule has 2 aromatic heterocycles. The Morgan fingerprint density at radius 1 is 0.833 bits per heavy atom. The largest absolute Gasteiger partial charge is 0.390 e. The van der Waals surface area contributed by atoms with Crippen LogP contribution in [-0.2, 0) is 0 Å². The van der Waals surface area contributed by atoms with Crippen LogP contribution in [0.25, 0.3) is 50.0 Å². The average molecular weight is 541 g/mol. The van der Waals surface area contributed by atoms with Crippen molar-refractivity contribution in [1.82, 2.24) is 9.97 Å². The molecule has 0 saturated carbocycles. The number of benzene rings is 3. The Hall–Kier alpha value is -6.03. The molecule has 1 aliphatic carbocycles. The van der Waals surface area contributed by atoms with Crippen molar-refractivity contribution in [2.75, 3.05) is 0 Å². The maximum atomic E-state index is 10.3. The van der Waals surface area contributed by atoms with Gasteiger partial charge in [0, 0.05) is 40.2 Å². The predicted octanol–water partition coefficient (Wildman–Crippen LogP) is 7.55. The third-order valence-corrected chi connectivity index (χ3v) is 7.63. The molecule has 3 aromatic carbocycles. The highest BCUT2D eigenvalue weighted by atomic mass is 14.7. The van der Waals surface area contributed by atoms with E-state index in [9.17, 15) is 15.8 Å². The SMILES string of the molecule is CC(C#N)CC1=C(/C=C/c2nccc3ccccc23)c2cc(-c3nccc4ccccc34)c(C#N)cc2/C1=C(/N)C#N. The molecule has 0 radical (unpaired) electrons. The molecule has 0 saturated heterocycles. The molecule has 0 spiro atoms. The van der Waals surface area contributed by atoms with Crippen molar-refractivity contribution in [1.29, 1.82) is 15.8 Å². The number of rotatable bonds is 5. The Bertz CT molecular complexity index is 2120. The lowest BCUT2D eigenvalue weighted by molar-refractivity contribution is 0.747. The summed E-state index contributed by atoms with van der Waals surface area (Å²) in [6.45, 7) is 1.84. The number of hydrogen-bond acceptors (Lipinski definition) is 6. The van der Waals surface area contributed by atoms with Crippen LogP contribution in [0.4, 0.5) is 0 Å². The topological polar surface area (TPSA) is 123 Å². The lowest BCUT2D eigenvalue weighted by Crippen LogP contribution is -2.03. The van der Waals surface area contributed by atoms with Crippen LogP contribution in [0.15, 0.2) is 103 Å². The number of fused-ring (bicyclic) bond motifs is 3. The molecule has 42 heavy (non-hydrogen) atoms. The van der Waals surface area contributed by atoms with Gasteiger partial charge in [-0.15, -0.1) is 0 Å². The van der Waals surface area contributed by atoms with E-state index in [1.807, 2.05) is 85.8 Å². The Balaban J connectivity index is 1.64. The van der Waals surface area contributed by atoms with Gasteiger partial charge in [0.1, 0.15) is 11.8 Å². The second-order valence-corrected chi connectivity index (χ2v) is 10.2. The average Bonchev–Trinajstić information content (AvgIpc) is 3.33. The summed E-state index contributed by atoms with van der Waals surface area (Å²) >= 11 is 0. The van der Waals surface area contributed by atoms with Crippen molar-refractivity contribution in [2.45, 2.75) is 13.3 Å². The van der Waals surface area contributed by atoms with E-state index < -0.39 is 0 Å². The van der Waals surface area contributed by atoms with Gasteiger partial charge in [0.05, 0.1) is 29.1 Å². The summed E-state index contributed by atoms with van der Waals surface area (Å²) in [7, 11) is 0. The van der Waals surface area contributed by atoms with E-state index in [1.54, 1.807) is 18.5 Å². The highest BCUT2D eigenvalue weighted by molar-refractivity contribution is 6.08. The lowest BCUT2D eigenvalue weighted by Gasteiger charge is -2.12. The summed E-state index contributed by atoms with van der Waals surface area (Å²) in [5, 5.41) is 33.9. The molecule has 0 aliphatic heterocycles. The number of nitriles is 3. The van der Waals surface area contributed by atoms with Crippen molar-refractivity contribution in [3.05, 3.63) is 125 Å². The zero-order valence-corrected chi connectivity index (χ0v) is 22.8. The molecule has 6 rings (SSSR count). The van der Waals surface area contributed by atoms with Gasteiger partial charge in [-0.2, -0.15) is 15.8 Å². The zero-order chi connectivity index (χ0) is 29.2. The summed E-state index contributed by atoms with van der Waals surface area (Å²) in [5.74, 6) is -0.329. The van der Waals surface area contributed by atoms with Crippen LogP contribution in [0, 0.1) is 39.9 Å². The fourth-order valence-electron chi connectivity index (χ4n) is 5.67. The first-order valence-electron chi connectivity index (χ1n) is 13.5. The van der Waals surface area contributed by atoms with Gasteiger partial charge in [0.15, 0.2) is 0 Å². The summed E-state index contributed by atoms with van der Waals surface area (Å²) in [6.07, 6.45) is 7.85. The molecule has 2 heterocycles. The summed E-state index contributed by atoms with van der Waals surface area (Å²) in [6, 6.07) is 30.4. The standard InChI is InChI=1S/C36H24N6/c1-22(19-37)16-31-28(10-11-34-26-8-4-2-6-23(26)12-14-41-34)30-18-29(25(20-38)17-32(30)35(31)33(40)21-39)36-27-9-5-3-7-24(27)13-15-42-36/h2-15,17-18,22H,16,40H2,1H3/b11-10+,35-33+. The van der Waals surface area contributed by atoms with E-state index >= 15 is 0 Å². The van der Waals surface area contributed by atoms with Crippen LogP contribution in [0.3, 0.4) is 0 Å². The van der Waals surface area contributed by atoms with Gasteiger partial charge in [-0.25, -0.2) is 0 Å². The van der Waals surface area contributed by atoms with Gasteiger partial charge >= 0.3 is 0 Å². The van der Waals surface area contributed by atoms with Gasteiger partial charge in [-0.1, -0.05) is 54.6 Å². The van der Waals surface area contributed by atoms with E-state index in [0.717, 1.165) is 43.9 Å². The van der Waals surface area contributed by atoms with Crippen LogP contribution in [0.1, 0.15) is 35.7 Å². The highest BCUT2D eigenvalue weighted by Crippen LogP contribution is 2.48. The molecule has 198 valence electrons. The van der Waals surface area contributed by atoms with E-state index in [2.05, 4.69) is 28.2 Å². The van der Waals surface area contributed by atoms with Crippen molar-refractivity contribution < 1.29 is 0 Å². The molecule has 6 heteroatoms. The minimum absolute atomic E-state index is 0.0444. The van der Waals surface area contributed by atoms with Crippen molar-refractivity contribution in [2.24, 2.45) is 11.7 Å². The first-order chi connectivity index (χ1) is 20.5. The smallest absolute Gasteiger partial charge is 0.119 e. The van der Waals surface area contributed by atoms with E-state index in [-0.39, 0.29) is 11.6 Å². The summed E-state index contributed by atoms with van der Waals surface area (Å²) in [4.78, 5) is 9.31. The minimum Gasteiger partial charge on any atom is -0.390 e. The van der Waals surface area contributed by atoms with Gasteiger partial charge in [0.2, 0.25) is 0 Å². The first kappa shape index (κ1) is 26.2. The second-order valence-electron chi connectivity index (χ2n) is 10.2. The summed E-state index contributed by atoms with van der Waals surface area (Å²) < 4.78 is 0. The van der Waals surface area contributed by atoms with Crippen LogP contribution in [0.2, 0.25) is 0 Å². The molecule has 0 fully saturated rings. The molecule has 2 N–H and O–H groups in total. The molecule has 1 aliphatic rings. The zero-order valence-electron chi connectivity index (χ0n) is 22.8. The minimum atomic E-state index is -0.329. The number of hydrogen-bond donors (Lipinski definition) is 1. The van der Waals surface area contributed by atoms with Crippen LogP contribution >= 0.6 is 0 Å². The fraction of sp³-hybridized carbons (Fsp3) is 0.0833. The van der Waals surface area contributed by atoms with Crippen LogP contribution in [0.5, 0.6) is 0 Å². The first-order valence-corrected chi connectivity index (χ1v) is 13.5. The Kier molecular flexibility index (Phi) is 6.77. The Morgan fingerprint density at radius 2 is 1.52 bits per heavy atom. The van der Waals surface area contributed by atoms with Gasteiger partial charge in [0.25, 0.3) is 0 Å². The second kappa shape index (κ2) is 10.9. The van der Waals surface area contributed by atoms with E-state index in [0.29, 0.717) is 34.4 Å². The van der Waals surface area contributed by atoms with E-state index in [1.165, 1.54) is 0 Å². The monoisotopic (exact) mass is 540 g/mol. The molecule has 0 amide bonds.